The van der Waals surface area contributed by atoms with Gasteiger partial charge in [-0.2, -0.15) is 0 Å². The molecule has 2 rings (SSSR count). The Hall–Kier alpha value is -1.80. The normalized spacial score (nSPS) is 10.3. The first-order chi connectivity index (χ1) is 8.15. The van der Waals surface area contributed by atoms with E-state index in [9.17, 15) is 0 Å². The van der Waals surface area contributed by atoms with Gasteiger partial charge < -0.3 is 5.01 Å². The third-order valence-corrected chi connectivity index (χ3v) is 2.84. The largest absolute Gasteiger partial charge is 0.307 e. The number of hydrazine groups is 1. The van der Waals surface area contributed by atoms with Crippen LogP contribution in [0.2, 0.25) is 0 Å². The van der Waals surface area contributed by atoms with Gasteiger partial charge in [-0.1, -0.05) is 47.5 Å². The highest BCUT2D eigenvalue weighted by Gasteiger charge is 2.02. The van der Waals surface area contributed by atoms with Crippen LogP contribution in [0.4, 0.5) is 5.69 Å². The Labute approximate surface area is 103 Å². The Morgan fingerprint density at radius 2 is 1.29 bits per heavy atom. The molecule has 0 aliphatic heterocycles. The highest BCUT2D eigenvalue weighted by Crippen LogP contribution is 2.14. The second-order valence-electron chi connectivity index (χ2n) is 4.45. The third-order valence-electron chi connectivity index (χ3n) is 2.84. The van der Waals surface area contributed by atoms with Crippen molar-refractivity contribution in [3.63, 3.8) is 0 Å². The minimum absolute atomic E-state index is 0.726. The van der Waals surface area contributed by atoms with E-state index in [4.69, 9.17) is 5.84 Å². The van der Waals surface area contributed by atoms with Crippen molar-refractivity contribution >= 4 is 5.69 Å². The summed E-state index contributed by atoms with van der Waals surface area (Å²) in [5, 5.41) is 1.77. The molecule has 17 heavy (non-hydrogen) atoms. The molecule has 0 bridgehead atoms. The number of hydrogen-bond acceptors (Lipinski definition) is 2. The minimum Gasteiger partial charge on any atom is -0.307 e. The topological polar surface area (TPSA) is 29.3 Å². The van der Waals surface area contributed by atoms with Gasteiger partial charge in [-0.05, 0) is 31.5 Å². The summed E-state index contributed by atoms with van der Waals surface area (Å²) >= 11 is 0. The smallest absolute Gasteiger partial charge is 0.0592 e. The van der Waals surface area contributed by atoms with Crippen LogP contribution in [-0.2, 0) is 6.54 Å². The van der Waals surface area contributed by atoms with Gasteiger partial charge in [0.25, 0.3) is 0 Å². The molecule has 2 aromatic carbocycles. The third kappa shape index (κ3) is 3.08. The SMILES string of the molecule is Cc1ccc(CN(N)c2ccc(C)cc2)cc1. The minimum atomic E-state index is 0.726. The van der Waals surface area contributed by atoms with Gasteiger partial charge in [-0.3, -0.25) is 0 Å². The van der Waals surface area contributed by atoms with Crippen LogP contribution in [0.25, 0.3) is 0 Å². The number of benzene rings is 2. The Balaban J connectivity index is 2.08. The maximum absolute atomic E-state index is 6.05. The maximum Gasteiger partial charge on any atom is 0.0592 e. The van der Waals surface area contributed by atoms with Crippen LogP contribution >= 0.6 is 0 Å². The number of hydrogen-bond donors (Lipinski definition) is 1. The predicted molar refractivity (Wildman–Crippen MR) is 72.7 cm³/mol. The van der Waals surface area contributed by atoms with E-state index in [0.29, 0.717) is 0 Å². The summed E-state index contributed by atoms with van der Waals surface area (Å²) in [7, 11) is 0. The number of anilines is 1. The average molecular weight is 226 g/mol. The van der Waals surface area contributed by atoms with E-state index in [0.717, 1.165) is 12.2 Å². The molecule has 88 valence electrons. The van der Waals surface area contributed by atoms with Crippen LogP contribution in [0.5, 0.6) is 0 Å². The summed E-state index contributed by atoms with van der Waals surface area (Å²) < 4.78 is 0. The van der Waals surface area contributed by atoms with E-state index < -0.39 is 0 Å². The molecule has 2 N–H and O–H groups in total. The van der Waals surface area contributed by atoms with E-state index >= 15 is 0 Å². The Morgan fingerprint density at radius 3 is 1.82 bits per heavy atom. The molecule has 0 spiro atoms. The summed E-state index contributed by atoms with van der Waals surface area (Å²) in [6.07, 6.45) is 0. The lowest BCUT2D eigenvalue weighted by molar-refractivity contribution is 0.852. The molecule has 0 heterocycles. The molecule has 2 heteroatoms. The van der Waals surface area contributed by atoms with Crippen molar-refractivity contribution in [3.05, 3.63) is 65.2 Å². The van der Waals surface area contributed by atoms with Crippen LogP contribution in [0.1, 0.15) is 16.7 Å². The predicted octanol–water partition coefficient (Wildman–Crippen LogP) is 3.18. The van der Waals surface area contributed by atoms with Gasteiger partial charge in [0.1, 0.15) is 0 Å². The molecule has 2 nitrogen and oxygen atoms in total. The number of nitrogens with two attached hydrogens (primary N) is 1. The van der Waals surface area contributed by atoms with Gasteiger partial charge in [-0.25, -0.2) is 5.84 Å². The van der Waals surface area contributed by atoms with Crippen molar-refractivity contribution in [3.8, 4) is 0 Å². The quantitative estimate of drug-likeness (QED) is 0.643. The Morgan fingerprint density at radius 1 is 0.824 bits per heavy atom. The molecule has 0 amide bonds. The lowest BCUT2D eigenvalue weighted by atomic mass is 10.1. The standard InChI is InChI=1S/C15H18N2/c1-12-3-7-14(8-4-12)11-17(16)15-9-5-13(2)6-10-15/h3-10H,11,16H2,1-2H3. The number of nitrogens with zero attached hydrogens (tertiary/aromatic N) is 1. The molecule has 0 atom stereocenters. The lowest BCUT2D eigenvalue weighted by Crippen LogP contribution is -2.29. The van der Waals surface area contributed by atoms with E-state index in [2.05, 4.69) is 50.2 Å². The zero-order valence-corrected chi connectivity index (χ0v) is 10.4. The molecular formula is C15H18N2. The molecule has 0 unspecified atom stereocenters. The molecule has 0 saturated carbocycles. The van der Waals surface area contributed by atoms with Gasteiger partial charge in [0, 0.05) is 0 Å². The second-order valence-corrected chi connectivity index (χ2v) is 4.45. The Bertz CT molecular complexity index is 471. The second kappa shape index (κ2) is 5.02. The zero-order chi connectivity index (χ0) is 12.3. The fourth-order valence-corrected chi connectivity index (χ4v) is 1.72. The number of aryl methyl sites for hydroxylation is 2. The summed E-state index contributed by atoms with van der Waals surface area (Å²) in [5.41, 5.74) is 4.78. The summed E-state index contributed by atoms with van der Waals surface area (Å²) in [5.74, 6) is 6.05. The molecule has 2 aromatic rings. The highest BCUT2D eigenvalue weighted by molar-refractivity contribution is 5.46. The monoisotopic (exact) mass is 226 g/mol. The zero-order valence-electron chi connectivity index (χ0n) is 10.4. The van der Waals surface area contributed by atoms with E-state index in [1.54, 1.807) is 5.01 Å². The van der Waals surface area contributed by atoms with Crippen molar-refractivity contribution in [2.24, 2.45) is 5.84 Å². The average Bonchev–Trinajstić information content (AvgIpc) is 2.33. The summed E-state index contributed by atoms with van der Waals surface area (Å²) in [6, 6.07) is 16.7. The van der Waals surface area contributed by atoms with Crippen LogP contribution in [-0.4, -0.2) is 0 Å². The van der Waals surface area contributed by atoms with E-state index in [1.165, 1.54) is 16.7 Å². The van der Waals surface area contributed by atoms with Gasteiger partial charge in [0.2, 0.25) is 0 Å². The van der Waals surface area contributed by atoms with Crippen LogP contribution in [0, 0.1) is 13.8 Å². The fourth-order valence-electron chi connectivity index (χ4n) is 1.72. The summed E-state index contributed by atoms with van der Waals surface area (Å²) in [4.78, 5) is 0. The molecule has 0 saturated heterocycles. The van der Waals surface area contributed by atoms with Crippen LogP contribution < -0.4 is 10.9 Å². The molecule has 0 aliphatic carbocycles. The first-order valence-electron chi connectivity index (χ1n) is 5.79. The van der Waals surface area contributed by atoms with E-state index in [1.807, 2.05) is 12.1 Å². The van der Waals surface area contributed by atoms with Crippen LogP contribution in [0.3, 0.4) is 0 Å². The molecule has 0 radical (unpaired) electrons. The molecule has 0 fully saturated rings. The number of rotatable bonds is 3. The maximum atomic E-state index is 6.05. The fraction of sp³-hybridized carbons (Fsp3) is 0.200. The Kier molecular flexibility index (Phi) is 3.45. The van der Waals surface area contributed by atoms with Crippen LogP contribution in [0.15, 0.2) is 48.5 Å². The van der Waals surface area contributed by atoms with Gasteiger partial charge in [0.15, 0.2) is 0 Å². The van der Waals surface area contributed by atoms with Crippen molar-refractivity contribution in [1.29, 1.82) is 0 Å². The first-order valence-corrected chi connectivity index (χ1v) is 5.79. The van der Waals surface area contributed by atoms with E-state index in [-0.39, 0.29) is 0 Å². The van der Waals surface area contributed by atoms with Crippen molar-refractivity contribution < 1.29 is 0 Å². The van der Waals surface area contributed by atoms with Gasteiger partial charge in [0.05, 0.1) is 12.2 Å². The van der Waals surface area contributed by atoms with Gasteiger partial charge >= 0.3 is 0 Å². The van der Waals surface area contributed by atoms with Crippen molar-refractivity contribution in [2.75, 3.05) is 5.01 Å². The van der Waals surface area contributed by atoms with Gasteiger partial charge in [-0.15, -0.1) is 0 Å². The van der Waals surface area contributed by atoms with Crippen molar-refractivity contribution in [2.45, 2.75) is 20.4 Å². The molecular weight excluding hydrogens is 208 g/mol. The highest BCUT2D eigenvalue weighted by atomic mass is 15.4. The van der Waals surface area contributed by atoms with Crippen molar-refractivity contribution in [1.82, 2.24) is 0 Å². The lowest BCUT2D eigenvalue weighted by Gasteiger charge is -2.19. The molecule has 0 aromatic heterocycles. The molecule has 0 aliphatic rings. The summed E-state index contributed by atoms with van der Waals surface area (Å²) in [6.45, 7) is 4.89. The first kappa shape index (κ1) is 11.7.